The summed E-state index contributed by atoms with van der Waals surface area (Å²) in [6.07, 6.45) is 4.46. The maximum atomic E-state index is 11.6. The molecule has 0 fully saturated rings. The number of nitrogens with zero attached hydrogens (tertiary/aromatic N) is 3. The number of aromatic nitrogens is 4. The normalized spacial score (nSPS) is 10.3. The molecule has 0 aliphatic heterocycles. The zero-order valence-corrected chi connectivity index (χ0v) is 10.9. The molecule has 3 rings (SSSR count). The standard InChI is InChI=1S/C13H12N6O2/c20-13(17-12-7-16-19-18-12)15-5-9-1-3-10(4-2-9)11-6-14-8-21-11/h1-4,6-8H,5H2,(H3,15,16,17,18,19,20). The second-order valence-corrected chi connectivity index (χ2v) is 4.23. The quantitative estimate of drug-likeness (QED) is 0.676. The molecule has 0 radical (unpaired) electrons. The zero-order chi connectivity index (χ0) is 14.5. The van der Waals surface area contributed by atoms with E-state index in [1.54, 1.807) is 6.20 Å². The van der Waals surface area contributed by atoms with Gasteiger partial charge in [0.1, 0.15) is 0 Å². The average molecular weight is 284 g/mol. The number of nitrogens with one attached hydrogen (secondary N) is 3. The number of carbonyl (C=O) groups is 1. The fourth-order valence-electron chi connectivity index (χ4n) is 1.75. The molecule has 8 heteroatoms. The first-order chi connectivity index (χ1) is 10.3. The van der Waals surface area contributed by atoms with Crippen LogP contribution in [-0.2, 0) is 6.54 Å². The van der Waals surface area contributed by atoms with Crippen molar-refractivity contribution in [1.29, 1.82) is 0 Å². The minimum Gasteiger partial charge on any atom is -0.444 e. The van der Waals surface area contributed by atoms with Gasteiger partial charge in [-0.25, -0.2) is 9.78 Å². The molecule has 0 saturated heterocycles. The van der Waals surface area contributed by atoms with E-state index in [0.29, 0.717) is 18.1 Å². The lowest BCUT2D eigenvalue weighted by Gasteiger charge is -2.06. The monoisotopic (exact) mass is 284 g/mol. The highest BCUT2D eigenvalue weighted by Gasteiger charge is 2.04. The molecule has 0 saturated carbocycles. The van der Waals surface area contributed by atoms with Crippen LogP contribution in [0.2, 0.25) is 0 Å². The van der Waals surface area contributed by atoms with Gasteiger partial charge in [0.2, 0.25) is 0 Å². The van der Waals surface area contributed by atoms with E-state index in [2.05, 4.69) is 31.0 Å². The third-order valence-electron chi connectivity index (χ3n) is 2.78. The molecule has 2 heterocycles. The Labute approximate surface area is 119 Å². The number of oxazole rings is 1. The molecule has 8 nitrogen and oxygen atoms in total. The minimum atomic E-state index is -0.344. The lowest BCUT2D eigenvalue weighted by atomic mass is 10.1. The summed E-state index contributed by atoms with van der Waals surface area (Å²) in [5.41, 5.74) is 1.90. The van der Waals surface area contributed by atoms with E-state index in [4.69, 9.17) is 4.42 Å². The van der Waals surface area contributed by atoms with Gasteiger partial charge in [-0.2, -0.15) is 10.3 Å². The van der Waals surface area contributed by atoms with Crippen LogP contribution in [-0.4, -0.2) is 26.4 Å². The Hall–Kier alpha value is -3.16. The summed E-state index contributed by atoms with van der Waals surface area (Å²) in [6.45, 7) is 0.403. The Kier molecular flexibility index (Phi) is 3.59. The van der Waals surface area contributed by atoms with Crippen molar-refractivity contribution in [2.24, 2.45) is 0 Å². The van der Waals surface area contributed by atoms with Gasteiger partial charge in [-0.3, -0.25) is 5.32 Å². The first kappa shape index (κ1) is 12.9. The van der Waals surface area contributed by atoms with E-state index < -0.39 is 0 Å². The van der Waals surface area contributed by atoms with Crippen LogP contribution in [0.5, 0.6) is 0 Å². The van der Waals surface area contributed by atoms with Gasteiger partial charge in [0.15, 0.2) is 18.0 Å². The molecule has 2 aromatic heterocycles. The van der Waals surface area contributed by atoms with E-state index in [0.717, 1.165) is 11.1 Å². The van der Waals surface area contributed by atoms with Gasteiger partial charge in [-0.05, 0) is 5.56 Å². The van der Waals surface area contributed by atoms with Gasteiger partial charge in [0.25, 0.3) is 0 Å². The number of anilines is 1. The van der Waals surface area contributed by atoms with Crippen LogP contribution in [0.25, 0.3) is 11.3 Å². The molecule has 0 spiro atoms. The topological polar surface area (TPSA) is 109 Å². The van der Waals surface area contributed by atoms with Crippen LogP contribution in [0, 0.1) is 0 Å². The van der Waals surface area contributed by atoms with E-state index in [1.165, 1.54) is 12.6 Å². The number of hydrogen-bond acceptors (Lipinski definition) is 5. The van der Waals surface area contributed by atoms with Crippen LogP contribution < -0.4 is 10.6 Å². The third-order valence-corrected chi connectivity index (χ3v) is 2.78. The van der Waals surface area contributed by atoms with Crippen LogP contribution in [0.15, 0.2) is 47.5 Å². The summed E-state index contributed by atoms with van der Waals surface area (Å²) in [5, 5.41) is 15.0. The smallest absolute Gasteiger partial charge is 0.320 e. The van der Waals surface area contributed by atoms with Crippen molar-refractivity contribution in [2.45, 2.75) is 6.54 Å². The highest BCUT2D eigenvalue weighted by molar-refractivity contribution is 5.87. The van der Waals surface area contributed by atoms with Gasteiger partial charge in [-0.15, -0.1) is 5.10 Å². The van der Waals surface area contributed by atoms with Crippen molar-refractivity contribution in [3.63, 3.8) is 0 Å². The molecule has 1 aromatic carbocycles. The third kappa shape index (κ3) is 3.24. The van der Waals surface area contributed by atoms with Crippen molar-refractivity contribution in [3.8, 4) is 11.3 Å². The molecular weight excluding hydrogens is 272 g/mol. The number of carbonyl (C=O) groups excluding carboxylic acids is 1. The second-order valence-electron chi connectivity index (χ2n) is 4.23. The number of H-pyrrole nitrogens is 1. The predicted octanol–water partition coefficient (Wildman–Crippen LogP) is 1.78. The SMILES string of the molecule is O=C(NCc1ccc(-c2cnco2)cc1)Nc1cn[nH]n1. The van der Waals surface area contributed by atoms with E-state index in [9.17, 15) is 4.79 Å². The van der Waals surface area contributed by atoms with Crippen molar-refractivity contribution >= 4 is 11.8 Å². The zero-order valence-electron chi connectivity index (χ0n) is 10.9. The van der Waals surface area contributed by atoms with Crippen LogP contribution in [0.1, 0.15) is 5.56 Å². The fraction of sp³-hybridized carbons (Fsp3) is 0.0769. The molecule has 0 aliphatic rings. The molecule has 0 unspecified atom stereocenters. The molecule has 0 bridgehead atoms. The van der Waals surface area contributed by atoms with E-state index in [-0.39, 0.29) is 6.03 Å². The number of urea groups is 1. The average Bonchev–Trinajstić information content (AvgIpc) is 3.19. The Bertz CT molecular complexity index is 691. The van der Waals surface area contributed by atoms with Gasteiger partial charge < -0.3 is 9.73 Å². The molecule has 2 amide bonds. The van der Waals surface area contributed by atoms with Crippen molar-refractivity contribution in [3.05, 3.63) is 48.6 Å². The molecule has 0 aliphatic carbocycles. The summed E-state index contributed by atoms with van der Waals surface area (Å²) < 4.78 is 5.21. The maximum absolute atomic E-state index is 11.6. The van der Waals surface area contributed by atoms with Gasteiger partial charge in [0, 0.05) is 12.1 Å². The van der Waals surface area contributed by atoms with E-state index in [1.807, 2.05) is 24.3 Å². The second kappa shape index (κ2) is 5.87. The number of rotatable bonds is 4. The predicted molar refractivity (Wildman–Crippen MR) is 74.2 cm³/mol. The van der Waals surface area contributed by atoms with Crippen LogP contribution in [0.3, 0.4) is 0 Å². The summed E-state index contributed by atoms with van der Waals surface area (Å²) >= 11 is 0. The Balaban J connectivity index is 1.55. The molecule has 3 N–H and O–H groups in total. The van der Waals surface area contributed by atoms with E-state index >= 15 is 0 Å². The Morgan fingerprint density at radius 2 is 2.10 bits per heavy atom. The summed E-state index contributed by atoms with van der Waals surface area (Å²) in [5.74, 6) is 1.08. The molecule has 3 aromatic rings. The molecule has 21 heavy (non-hydrogen) atoms. The number of hydrogen-bond donors (Lipinski definition) is 3. The van der Waals surface area contributed by atoms with Gasteiger partial charge in [-0.1, -0.05) is 24.3 Å². The van der Waals surface area contributed by atoms with Crippen LogP contribution in [0.4, 0.5) is 10.6 Å². The van der Waals surface area contributed by atoms with Crippen molar-refractivity contribution < 1.29 is 9.21 Å². The van der Waals surface area contributed by atoms with Crippen molar-refractivity contribution in [2.75, 3.05) is 5.32 Å². The minimum absolute atomic E-state index is 0.344. The van der Waals surface area contributed by atoms with Gasteiger partial charge in [0.05, 0.1) is 12.4 Å². The first-order valence-electron chi connectivity index (χ1n) is 6.20. The summed E-state index contributed by atoms with van der Waals surface area (Å²) in [6, 6.07) is 7.30. The summed E-state index contributed by atoms with van der Waals surface area (Å²) in [7, 11) is 0. The molecule has 106 valence electrons. The molecule has 0 atom stereocenters. The Morgan fingerprint density at radius 1 is 1.24 bits per heavy atom. The largest absolute Gasteiger partial charge is 0.444 e. The Morgan fingerprint density at radius 3 is 2.76 bits per heavy atom. The van der Waals surface area contributed by atoms with Crippen LogP contribution >= 0.6 is 0 Å². The number of amides is 2. The highest BCUT2D eigenvalue weighted by Crippen LogP contribution is 2.18. The fourth-order valence-corrected chi connectivity index (χ4v) is 1.75. The first-order valence-corrected chi connectivity index (χ1v) is 6.20. The number of benzene rings is 1. The van der Waals surface area contributed by atoms with Crippen molar-refractivity contribution in [1.82, 2.24) is 25.7 Å². The lowest BCUT2D eigenvalue weighted by molar-refractivity contribution is 0.251. The summed E-state index contributed by atoms with van der Waals surface area (Å²) in [4.78, 5) is 15.5. The lowest BCUT2D eigenvalue weighted by Crippen LogP contribution is -2.28. The van der Waals surface area contributed by atoms with Gasteiger partial charge >= 0.3 is 6.03 Å². The maximum Gasteiger partial charge on any atom is 0.320 e. The number of aromatic amines is 1. The molecular formula is C13H12N6O2. The highest BCUT2D eigenvalue weighted by atomic mass is 16.3.